The molecule has 0 spiro atoms. The van der Waals surface area contributed by atoms with Crippen LogP contribution in [0, 0.1) is 6.92 Å². The van der Waals surface area contributed by atoms with Gasteiger partial charge in [0.05, 0.1) is 0 Å². The standard InChI is InChI=1S/C16H19N7O2/c1-12-18-15(19-25-12)8-9-22(2)16(24)14(23-11-17-20-21-23)10-13-6-4-3-5-7-13/h3-7,11,14H,8-10H2,1-2H3/t14-/m0/s1. The third kappa shape index (κ3) is 4.25. The fourth-order valence-electron chi connectivity index (χ4n) is 2.52. The number of benzene rings is 1. The maximum atomic E-state index is 12.9. The predicted octanol–water partition coefficient (Wildman–Crippen LogP) is 0.849. The third-order valence-corrected chi connectivity index (χ3v) is 3.86. The lowest BCUT2D eigenvalue weighted by Crippen LogP contribution is -2.37. The Bertz CT molecular complexity index is 801. The Morgan fingerprint density at radius 2 is 2.12 bits per heavy atom. The van der Waals surface area contributed by atoms with Gasteiger partial charge in [0.25, 0.3) is 0 Å². The highest BCUT2D eigenvalue weighted by atomic mass is 16.5. The number of aromatic nitrogens is 6. The first-order valence-corrected chi connectivity index (χ1v) is 7.94. The second-order valence-electron chi connectivity index (χ2n) is 5.73. The van der Waals surface area contributed by atoms with Crippen LogP contribution in [0.5, 0.6) is 0 Å². The van der Waals surface area contributed by atoms with Crippen molar-refractivity contribution < 1.29 is 9.32 Å². The number of likely N-dealkylation sites (N-methyl/N-ethyl adjacent to an activating group) is 1. The zero-order chi connectivity index (χ0) is 17.6. The number of rotatable bonds is 7. The summed E-state index contributed by atoms with van der Waals surface area (Å²) in [6.07, 6.45) is 2.49. The van der Waals surface area contributed by atoms with E-state index >= 15 is 0 Å². The van der Waals surface area contributed by atoms with Gasteiger partial charge in [-0.15, -0.1) is 5.10 Å². The molecule has 0 fully saturated rings. The van der Waals surface area contributed by atoms with Gasteiger partial charge in [0, 0.05) is 33.4 Å². The average molecular weight is 341 g/mol. The van der Waals surface area contributed by atoms with Gasteiger partial charge in [0.1, 0.15) is 12.4 Å². The Labute approximate surface area is 144 Å². The third-order valence-electron chi connectivity index (χ3n) is 3.86. The Morgan fingerprint density at radius 3 is 2.76 bits per heavy atom. The van der Waals surface area contributed by atoms with Crippen LogP contribution in [0.2, 0.25) is 0 Å². The second-order valence-corrected chi connectivity index (χ2v) is 5.73. The molecule has 0 bridgehead atoms. The molecule has 1 amide bonds. The first kappa shape index (κ1) is 16.7. The summed E-state index contributed by atoms with van der Waals surface area (Å²) < 4.78 is 6.44. The Hall–Kier alpha value is -3.10. The fraction of sp³-hybridized carbons (Fsp3) is 0.375. The van der Waals surface area contributed by atoms with Gasteiger partial charge in [-0.05, 0) is 16.0 Å². The molecule has 25 heavy (non-hydrogen) atoms. The molecule has 0 saturated carbocycles. The van der Waals surface area contributed by atoms with Gasteiger partial charge >= 0.3 is 0 Å². The number of carbonyl (C=O) groups is 1. The molecule has 0 saturated heterocycles. The molecule has 3 aromatic rings. The smallest absolute Gasteiger partial charge is 0.247 e. The van der Waals surface area contributed by atoms with Gasteiger partial charge in [-0.1, -0.05) is 35.5 Å². The van der Waals surface area contributed by atoms with E-state index in [1.54, 1.807) is 18.9 Å². The van der Waals surface area contributed by atoms with Crippen molar-refractivity contribution in [2.75, 3.05) is 13.6 Å². The Kier molecular flexibility index (Phi) is 5.12. The van der Waals surface area contributed by atoms with Crippen LogP contribution in [0.1, 0.15) is 23.3 Å². The number of hydrogen-bond acceptors (Lipinski definition) is 7. The van der Waals surface area contributed by atoms with Crippen LogP contribution < -0.4 is 0 Å². The average Bonchev–Trinajstić information content (AvgIpc) is 3.29. The Balaban J connectivity index is 1.69. The second kappa shape index (κ2) is 7.65. The minimum absolute atomic E-state index is 0.0728. The van der Waals surface area contributed by atoms with Crippen LogP contribution >= 0.6 is 0 Å². The van der Waals surface area contributed by atoms with Crippen molar-refractivity contribution in [1.29, 1.82) is 0 Å². The van der Waals surface area contributed by atoms with Gasteiger partial charge in [-0.2, -0.15) is 4.98 Å². The fourth-order valence-corrected chi connectivity index (χ4v) is 2.52. The maximum Gasteiger partial charge on any atom is 0.247 e. The molecule has 9 heteroatoms. The summed E-state index contributed by atoms with van der Waals surface area (Å²) in [6, 6.07) is 9.28. The molecule has 1 aromatic carbocycles. The van der Waals surface area contributed by atoms with E-state index in [-0.39, 0.29) is 5.91 Å². The molecule has 0 unspecified atom stereocenters. The normalized spacial score (nSPS) is 12.1. The highest BCUT2D eigenvalue weighted by Gasteiger charge is 2.25. The number of aryl methyl sites for hydroxylation is 1. The van der Waals surface area contributed by atoms with E-state index in [0.29, 0.717) is 31.1 Å². The molecule has 2 heterocycles. The monoisotopic (exact) mass is 341 g/mol. The van der Waals surface area contributed by atoms with Gasteiger partial charge in [0.15, 0.2) is 5.82 Å². The van der Waals surface area contributed by atoms with Crippen LogP contribution in [0.3, 0.4) is 0 Å². The van der Waals surface area contributed by atoms with E-state index < -0.39 is 6.04 Å². The predicted molar refractivity (Wildman–Crippen MR) is 87.4 cm³/mol. The van der Waals surface area contributed by atoms with E-state index in [9.17, 15) is 4.79 Å². The van der Waals surface area contributed by atoms with Crippen LogP contribution in [-0.4, -0.2) is 54.7 Å². The molecule has 0 radical (unpaired) electrons. The van der Waals surface area contributed by atoms with Crippen LogP contribution in [0.25, 0.3) is 0 Å². The molecular weight excluding hydrogens is 322 g/mol. The van der Waals surface area contributed by atoms with Crippen molar-refractivity contribution in [2.45, 2.75) is 25.8 Å². The molecule has 0 aliphatic carbocycles. The van der Waals surface area contributed by atoms with Gasteiger partial charge in [-0.25, -0.2) is 4.68 Å². The van der Waals surface area contributed by atoms with Gasteiger partial charge in [0.2, 0.25) is 11.8 Å². The van der Waals surface area contributed by atoms with Gasteiger partial charge < -0.3 is 9.42 Å². The SMILES string of the molecule is Cc1nc(CCN(C)C(=O)[C@H](Cc2ccccc2)n2cnnn2)no1. The summed E-state index contributed by atoms with van der Waals surface area (Å²) in [5, 5.41) is 15.1. The lowest BCUT2D eigenvalue weighted by molar-refractivity contribution is -0.133. The molecule has 130 valence electrons. The van der Waals surface area contributed by atoms with E-state index in [1.165, 1.54) is 11.0 Å². The topological polar surface area (TPSA) is 103 Å². The molecule has 3 rings (SSSR count). The van der Waals surface area contributed by atoms with Crippen molar-refractivity contribution in [3.63, 3.8) is 0 Å². The molecule has 1 atom stereocenters. The van der Waals surface area contributed by atoms with Crippen molar-refractivity contribution in [2.24, 2.45) is 0 Å². The first-order valence-electron chi connectivity index (χ1n) is 7.94. The van der Waals surface area contributed by atoms with Crippen molar-refractivity contribution in [3.05, 3.63) is 53.9 Å². The molecule has 9 nitrogen and oxygen atoms in total. The highest BCUT2D eigenvalue weighted by Crippen LogP contribution is 2.16. The zero-order valence-electron chi connectivity index (χ0n) is 14.1. The van der Waals surface area contributed by atoms with Crippen LogP contribution in [0.4, 0.5) is 0 Å². The summed E-state index contributed by atoms with van der Waals surface area (Å²) in [7, 11) is 1.75. The van der Waals surface area contributed by atoms with Gasteiger partial charge in [-0.3, -0.25) is 4.79 Å². The summed E-state index contributed by atoms with van der Waals surface area (Å²) >= 11 is 0. The lowest BCUT2D eigenvalue weighted by atomic mass is 10.1. The Morgan fingerprint density at radius 1 is 1.32 bits per heavy atom. The van der Waals surface area contributed by atoms with E-state index in [0.717, 1.165) is 5.56 Å². The first-order chi connectivity index (χ1) is 12.1. The number of tetrazole rings is 1. The van der Waals surface area contributed by atoms with E-state index in [1.807, 2.05) is 30.3 Å². The van der Waals surface area contributed by atoms with Crippen LogP contribution in [0.15, 0.2) is 41.2 Å². The van der Waals surface area contributed by atoms with Crippen molar-refractivity contribution in [1.82, 2.24) is 35.2 Å². The highest BCUT2D eigenvalue weighted by molar-refractivity contribution is 5.80. The molecule has 2 aromatic heterocycles. The number of amides is 1. The minimum atomic E-state index is -0.505. The largest absolute Gasteiger partial charge is 0.343 e. The van der Waals surface area contributed by atoms with Crippen molar-refractivity contribution >= 4 is 5.91 Å². The quantitative estimate of drug-likeness (QED) is 0.627. The number of hydrogen-bond donors (Lipinski definition) is 0. The summed E-state index contributed by atoms with van der Waals surface area (Å²) in [5.74, 6) is 1.02. The molecular formula is C16H19N7O2. The van der Waals surface area contributed by atoms with E-state index in [2.05, 4.69) is 25.7 Å². The van der Waals surface area contributed by atoms with E-state index in [4.69, 9.17) is 4.52 Å². The summed E-state index contributed by atoms with van der Waals surface area (Å²) in [5.41, 5.74) is 1.04. The summed E-state index contributed by atoms with van der Waals surface area (Å²) in [4.78, 5) is 18.7. The van der Waals surface area contributed by atoms with Crippen LogP contribution in [-0.2, 0) is 17.6 Å². The zero-order valence-corrected chi connectivity index (χ0v) is 14.1. The maximum absolute atomic E-state index is 12.9. The van der Waals surface area contributed by atoms with Crippen molar-refractivity contribution in [3.8, 4) is 0 Å². The minimum Gasteiger partial charge on any atom is -0.343 e. The molecule has 0 N–H and O–H groups in total. The molecule has 0 aliphatic rings. The number of nitrogens with zero attached hydrogens (tertiary/aromatic N) is 7. The lowest BCUT2D eigenvalue weighted by Gasteiger charge is -2.23. The molecule has 0 aliphatic heterocycles. The summed E-state index contributed by atoms with van der Waals surface area (Å²) in [6.45, 7) is 2.21. The number of carbonyl (C=O) groups excluding carboxylic acids is 1.